The summed E-state index contributed by atoms with van der Waals surface area (Å²) in [5.41, 5.74) is 2.46. The van der Waals surface area contributed by atoms with Gasteiger partial charge in [0.1, 0.15) is 11.6 Å². The van der Waals surface area contributed by atoms with Gasteiger partial charge in [-0.1, -0.05) is 60.1 Å². The predicted octanol–water partition coefficient (Wildman–Crippen LogP) is 5.54. The summed E-state index contributed by atoms with van der Waals surface area (Å²) in [6.45, 7) is 2.09. The third kappa shape index (κ3) is 5.53. The van der Waals surface area contributed by atoms with E-state index in [1.54, 1.807) is 30.3 Å². The van der Waals surface area contributed by atoms with Crippen LogP contribution in [0.5, 0.6) is 0 Å². The van der Waals surface area contributed by atoms with E-state index >= 15 is 0 Å². The summed E-state index contributed by atoms with van der Waals surface area (Å²) in [4.78, 5) is 15.2. The van der Waals surface area contributed by atoms with E-state index in [0.29, 0.717) is 30.1 Å². The number of hydrogen-bond donors (Lipinski definition) is 1. The van der Waals surface area contributed by atoms with Crippen LogP contribution in [0.25, 0.3) is 0 Å². The molecule has 0 radical (unpaired) electrons. The van der Waals surface area contributed by atoms with Gasteiger partial charge in [0, 0.05) is 36.8 Å². The number of nitrogens with zero attached hydrogens (tertiary/aromatic N) is 1. The standard InChI is InChI=1S/C26H25ClF2N2O/c27-24-7-3-1-6-20(24)15-31-16-21(18-9-11-23(28)12-10-18)13-22(17-31)26(32)30-14-19-5-2-4-8-25(19)29/h1-12,21-22H,13-17H2,(H,30,32). The second-order valence-electron chi connectivity index (χ2n) is 8.28. The first-order valence-corrected chi connectivity index (χ1v) is 11.1. The summed E-state index contributed by atoms with van der Waals surface area (Å²) < 4.78 is 27.4. The summed E-state index contributed by atoms with van der Waals surface area (Å²) in [7, 11) is 0. The minimum atomic E-state index is -0.332. The number of amides is 1. The van der Waals surface area contributed by atoms with Gasteiger partial charge in [-0.15, -0.1) is 0 Å². The van der Waals surface area contributed by atoms with Crippen molar-refractivity contribution in [1.29, 1.82) is 0 Å². The number of halogens is 3. The Labute approximate surface area is 192 Å². The van der Waals surface area contributed by atoms with E-state index < -0.39 is 0 Å². The van der Waals surface area contributed by atoms with E-state index in [9.17, 15) is 13.6 Å². The lowest BCUT2D eigenvalue weighted by Gasteiger charge is -2.37. The molecule has 2 unspecified atom stereocenters. The molecule has 4 rings (SSSR count). The Kier molecular flexibility index (Phi) is 7.18. The molecule has 1 saturated heterocycles. The number of nitrogens with one attached hydrogen (secondary N) is 1. The fraction of sp³-hybridized carbons (Fsp3) is 0.269. The highest BCUT2D eigenvalue weighted by Gasteiger charge is 2.32. The molecule has 166 valence electrons. The maximum absolute atomic E-state index is 13.9. The minimum Gasteiger partial charge on any atom is -0.352 e. The predicted molar refractivity (Wildman–Crippen MR) is 122 cm³/mol. The van der Waals surface area contributed by atoms with Crippen molar-refractivity contribution in [1.82, 2.24) is 10.2 Å². The number of likely N-dealkylation sites (tertiary alicyclic amines) is 1. The number of carbonyl (C=O) groups excluding carboxylic acids is 1. The Bertz CT molecular complexity index is 1070. The van der Waals surface area contributed by atoms with Crippen molar-refractivity contribution in [2.45, 2.75) is 25.4 Å². The Hall–Kier alpha value is -2.76. The first kappa shape index (κ1) is 22.4. The molecular formula is C26H25ClF2N2O. The molecule has 1 aliphatic rings. The highest BCUT2D eigenvalue weighted by molar-refractivity contribution is 6.31. The summed E-state index contributed by atoms with van der Waals surface area (Å²) in [5, 5.41) is 3.59. The van der Waals surface area contributed by atoms with Gasteiger partial charge in [0.15, 0.2) is 0 Å². The van der Waals surface area contributed by atoms with E-state index in [0.717, 1.165) is 17.7 Å². The topological polar surface area (TPSA) is 32.3 Å². The van der Waals surface area contributed by atoms with Crippen molar-refractivity contribution in [3.8, 4) is 0 Å². The van der Waals surface area contributed by atoms with Crippen molar-refractivity contribution in [2.75, 3.05) is 13.1 Å². The molecule has 0 spiro atoms. The highest BCUT2D eigenvalue weighted by Crippen LogP contribution is 2.32. The fourth-order valence-electron chi connectivity index (χ4n) is 4.32. The molecule has 1 aliphatic heterocycles. The van der Waals surface area contributed by atoms with Gasteiger partial charge in [0.05, 0.1) is 5.92 Å². The van der Waals surface area contributed by atoms with Crippen LogP contribution in [-0.2, 0) is 17.9 Å². The Balaban J connectivity index is 1.50. The number of benzene rings is 3. The normalized spacial score (nSPS) is 19.0. The van der Waals surface area contributed by atoms with Crippen LogP contribution in [0.3, 0.4) is 0 Å². The number of rotatable bonds is 6. The van der Waals surface area contributed by atoms with Gasteiger partial charge in [0.2, 0.25) is 5.91 Å². The van der Waals surface area contributed by atoms with Crippen LogP contribution in [-0.4, -0.2) is 23.9 Å². The molecule has 1 N–H and O–H groups in total. The second-order valence-corrected chi connectivity index (χ2v) is 8.68. The van der Waals surface area contributed by atoms with Gasteiger partial charge in [-0.05, 0) is 47.7 Å². The summed E-state index contributed by atoms with van der Waals surface area (Å²) >= 11 is 6.36. The molecule has 0 bridgehead atoms. The lowest BCUT2D eigenvalue weighted by Crippen LogP contribution is -2.45. The van der Waals surface area contributed by atoms with Crippen molar-refractivity contribution >= 4 is 17.5 Å². The smallest absolute Gasteiger partial charge is 0.224 e. The molecule has 0 aromatic heterocycles. The largest absolute Gasteiger partial charge is 0.352 e. The van der Waals surface area contributed by atoms with Crippen LogP contribution < -0.4 is 5.32 Å². The zero-order valence-corrected chi connectivity index (χ0v) is 18.4. The Morgan fingerprint density at radius 2 is 1.62 bits per heavy atom. The summed E-state index contributed by atoms with van der Waals surface area (Å²) in [5.74, 6) is -0.911. The maximum Gasteiger partial charge on any atom is 0.224 e. The molecule has 3 nitrogen and oxygen atoms in total. The second kappa shape index (κ2) is 10.2. The average molecular weight is 455 g/mol. The summed E-state index contributed by atoms with van der Waals surface area (Å²) in [6, 6.07) is 20.6. The van der Waals surface area contributed by atoms with Crippen molar-refractivity contribution in [2.24, 2.45) is 5.92 Å². The van der Waals surface area contributed by atoms with Gasteiger partial charge in [-0.3, -0.25) is 9.69 Å². The first-order chi connectivity index (χ1) is 15.5. The Morgan fingerprint density at radius 3 is 2.34 bits per heavy atom. The quantitative estimate of drug-likeness (QED) is 0.530. The van der Waals surface area contributed by atoms with Crippen LogP contribution in [0.1, 0.15) is 29.0 Å². The molecular weight excluding hydrogens is 430 g/mol. The molecule has 2 atom stereocenters. The zero-order chi connectivity index (χ0) is 22.5. The van der Waals surface area contributed by atoms with Gasteiger partial charge in [0.25, 0.3) is 0 Å². The monoisotopic (exact) mass is 454 g/mol. The molecule has 3 aromatic carbocycles. The van der Waals surface area contributed by atoms with E-state index in [-0.39, 0.29) is 35.9 Å². The van der Waals surface area contributed by atoms with Gasteiger partial charge >= 0.3 is 0 Å². The fourth-order valence-corrected chi connectivity index (χ4v) is 4.52. The van der Waals surface area contributed by atoms with Crippen LogP contribution in [0.2, 0.25) is 5.02 Å². The van der Waals surface area contributed by atoms with Crippen LogP contribution in [0.15, 0.2) is 72.8 Å². The first-order valence-electron chi connectivity index (χ1n) is 10.7. The SMILES string of the molecule is O=C(NCc1ccccc1F)C1CC(c2ccc(F)cc2)CN(Cc2ccccc2Cl)C1. The van der Waals surface area contributed by atoms with Gasteiger partial charge in [-0.25, -0.2) is 8.78 Å². The minimum absolute atomic E-state index is 0.0797. The van der Waals surface area contributed by atoms with Crippen LogP contribution >= 0.6 is 11.6 Å². The lowest BCUT2D eigenvalue weighted by molar-refractivity contribution is -0.127. The van der Waals surface area contributed by atoms with E-state index in [4.69, 9.17) is 11.6 Å². The third-order valence-corrected chi connectivity index (χ3v) is 6.37. The molecule has 0 aliphatic carbocycles. The summed E-state index contributed by atoms with van der Waals surface area (Å²) in [6.07, 6.45) is 0.647. The van der Waals surface area contributed by atoms with Crippen LogP contribution in [0.4, 0.5) is 8.78 Å². The molecule has 1 amide bonds. The molecule has 1 heterocycles. The highest BCUT2D eigenvalue weighted by atomic mass is 35.5. The Morgan fingerprint density at radius 1 is 0.938 bits per heavy atom. The average Bonchev–Trinajstić information content (AvgIpc) is 2.80. The maximum atomic E-state index is 13.9. The van der Waals surface area contributed by atoms with Gasteiger partial charge < -0.3 is 5.32 Å². The van der Waals surface area contributed by atoms with Crippen molar-refractivity contribution in [3.05, 3.63) is 106 Å². The van der Waals surface area contributed by atoms with Gasteiger partial charge in [-0.2, -0.15) is 0 Å². The van der Waals surface area contributed by atoms with E-state index in [1.807, 2.05) is 24.3 Å². The van der Waals surface area contributed by atoms with Crippen LogP contribution in [0, 0.1) is 17.6 Å². The zero-order valence-electron chi connectivity index (χ0n) is 17.6. The number of hydrogen-bond acceptors (Lipinski definition) is 2. The number of piperidine rings is 1. The third-order valence-electron chi connectivity index (χ3n) is 6.00. The molecule has 3 aromatic rings. The van der Waals surface area contributed by atoms with E-state index in [1.165, 1.54) is 18.2 Å². The van der Waals surface area contributed by atoms with E-state index in [2.05, 4.69) is 10.2 Å². The molecule has 6 heteroatoms. The molecule has 0 saturated carbocycles. The molecule has 1 fully saturated rings. The number of carbonyl (C=O) groups is 1. The lowest BCUT2D eigenvalue weighted by atomic mass is 9.83. The van der Waals surface area contributed by atoms with Crippen molar-refractivity contribution in [3.63, 3.8) is 0 Å². The molecule has 32 heavy (non-hydrogen) atoms. The van der Waals surface area contributed by atoms with Crippen molar-refractivity contribution < 1.29 is 13.6 Å².